The minimum Gasteiger partial charge on any atom is -0.217 e. The summed E-state index contributed by atoms with van der Waals surface area (Å²) in [4.78, 5) is 0. The van der Waals surface area contributed by atoms with Gasteiger partial charge in [-0.3, -0.25) is 0 Å². The minimum atomic E-state index is 0.396. The molecular formula is C10H17N2+. The Morgan fingerprint density at radius 1 is 1.17 bits per heavy atom. The van der Waals surface area contributed by atoms with Crippen LogP contribution in [0.15, 0.2) is 30.3 Å². The zero-order chi connectivity index (χ0) is 9.19. The van der Waals surface area contributed by atoms with Gasteiger partial charge in [0.05, 0.1) is 7.05 Å². The molecular weight excluding hydrogens is 148 g/mol. The molecule has 1 aromatic rings. The molecule has 1 rings (SSSR count). The van der Waals surface area contributed by atoms with Crippen molar-refractivity contribution in [3.05, 3.63) is 30.3 Å². The molecule has 2 nitrogen and oxygen atoms in total. The molecule has 1 aromatic carbocycles. The molecule has 0 saturated heterocycles. The normalized spacial score (nSPS) is 16.1. The van der Waals surface area contributed by atoms with Crippen molar-refractivity contribution in [2.45, 2.75) is 19.9 Å². The van der Waals surface area contributed by atoms with Crippen LogP contribution in [0.5, 0.6) is 0 Å². The number of para-hydroxylation sites is 1. The second-order valence-electron chi connectivity index (χ2n) is 3.58. The first kappa shape index (κ1) is 9.23. The molecule has 0 radical (unpaired) electrons. The molecule has 0 fully saturated rings. The van der Waals surface area contributed by atoms with Crippen LogP contribution in [0.2, 0.25) is 0 Å². The Morgan fingerprint density at radius 2 is 1.67 bits per heavy atom. The molecule has 1 atom stereocenters. The maximum atomic E-state index is 6.12. The van der Waals surface area contributed by atoms with Gasteiger partial charge in [-0.05, 0) is 13.8 Å². The first-order chi connectivity index (χ1) is 5.55. The third-order valence-electron chi connectivity index (χ3n) is 2.39. The van der Waals surface area contributed by atoms with Crippen LogP contribution in [-0.4, -0.2) is 13.1 Å². The molecule has 0 spiro atoms. The second-order valence-corrected chi connectivity index (χ2v) is 3.58. The molecule has 2 N–H and O–H groups in total. The largest absolute Gasteiger partial charge is 0.217 e. The van der Waals surface area contributed by atoms with Gasteiger partial charge in [-0.1, -0.05) is 18.2 Å². The van der Waals surface area contributed by atoms with Crippen molar-refractivity contribution in [2.75, 3.05) is 7.05 Å². The Morgan fingerprint density at radius 3 is 2.08 bits per heavy atom. The van der Waals surface area contributed by atoms with E-state index >= 15 is 0 Å². The molecule has 0 aliphatic rings. The van der Waals surface area contributed by atoms with Gasteiger partial charge in [0.25, 0.3) is 0 Å². The van der Waals surface area contributed by atoms with E-state index in [0.717, 1.165) is 5.69 Å². The molecule has 66 valence electrons. The van der Waals surface area contributed by atoms with Gasteiger partial charge >= 0.3 is 0 Å². The number of benzene rings is 1. The van der Waals surface area contributed by atoms with Gasteiger partial charge in [-0.2, -0.15) is 5.84 Å². The van der Waals surface area contributed by atoms with Crippen LogP contribution < -0.4 is 10.4 Å². The van der Waals surface area contributed by atoms with Gasteiger partial charge in [0, 0.05) is 12.1 Å². The summed E-state index contributed by atoms with van der Waals surface area (Å²) < 4.78 is 0.445. The highest BCUT2D eigenvalue weighted by atomic mass is 15.6. The third-order valence-corrected chi connectivity index (χ3v) is 2.39. The molecule has 1 unspecified atom stereocenters. The number of nitrogens with zero attached hydrogens (tertiary/aromatic N) is 1. The van der Waals surface area contributed by atoms with Crippen LogP contribution in [0.4, 0.5) is 5.69 Å². The molecule has 0 aliphatic carbocycles. The summed E-state index contributed by atoms with van der Waals surface area (Å²) in [5.41, 5.74) is 1.15. The standard InChI is InChI=1S/C10H17N2/c1-9(2)12(3,11)10-7-5-4-6-8-10/h4-9H,11H2,1-3H3/q+1. The molecule has 0 aromatic heterocycles. The van der Waals surface area contributed by atoms with Gasteiger partial charge in [0.2, 0.25) is 0 Å². The van der Waals surface area contributed by atoms with Gasteiger partial charge in [0.15, 0.2) is 5.69 Å². The lowest BCUT2D eigenvalue weighted by molar-refractivity contribution is 0.281. The summed E-state index contributed by atoms with van der Waals surface area (Å²) >= 11 is 0. The minimum absolute atomic E-state index is 0.396. The predicted octanol–water partition coefficient (Wildman–Crippen LogP) is 1.91. The first-order valence-electron chi connectivity index (χ1n) is 4.25. The molecule has 12 heavy (non-hydrogen) atoms. The highest BCUT2D eigenvalue weighted by molar-refractivity contribution is 5.40. The quantitative estimate of drug-likeness (QED) is 0.404. The van der Waals surface area contributed by atoms with Gasteiger partial charge < -0.3 is 0 Å². The Labute approximate surface area is 74.2 Å². The Hall–Kier alpha value is -0.860. The van der Waals surface area contributed by atoms with Crippen molar-refractivity contribution >= 4 is 5.69 Å². The van der Waals surface area contributed by atoms with Crippen LogP contribution in [0.1, 0.15) is 13.8 Å². The number of nitrogens with two attached hydrogens (primary N) is 1. The van der Waals surface area contributed by atoms with Crippen molar-refractivity contribution in [3.63, 3.8) is 0 Å². The van der Waals surface area contributed by atoms with E-state index in [1.165, 1.54) is 0 Å². The van der Waals surface area contributed by atoms with E-state index in [9.17, 15) is 0 Å². The smallest absolute Gasteiger partial charge is 0.151 e. The molecule has 0 amide bonds. The lowest BCUT2D eigenvalue weighted by Crippen LogP contribution is -2.57. The lowest BCUT2D eigenvalue weighted by atomic mass is 10.2. The molecule has 0 saturated carbocycles. The van der Waals surface area contributed by atoms with E-state index in [4.69, 9.17) is 5.84 Å². The summed E-state index contributed by atoms with van der Waals surface area (Å²) in [6.45, 7) is 4.24. The number of hydrogen-bond acceptors (Lipinski definition) is 1. The van der Waals surface area contributed by atoms with E-state index in [-0.39, 0.29) is 0 Å². The van der Waals surface area contributed by atoms with Crippen molar-refractivity contribution in [1.29, 1.82) is 0 Å². The molecule has 0 bridgehead atoms. The SMILES string of the molecule is CC(C)[N+](C)(N)c1ccccc1. The summed E-state index contributed by atoms with van der Waals surface area (Å²) in [5, 5.41) is 0. The highest BCUT2D eigenvalue weighted by Crippen LogP contribution is 2.18. The third kappa shape index (κ3) is 1.65. The van der Waals surface area contributed by atoms with Crippen LogP contribution >= 0.6 is 0 Å². The van der Waals surface area contributed by atoms with Crippen LogP contribution in [0, 0.1) is 0 Å². The highest BCUT2D eigenvalue weighted by Gasteiger charge is 2.23. The number of hydrogen-bond donors (Lipinski definition) is 1. The average molecular weight is 165 g/mol. The van der Waals surface area contributed by atoms with E-state index < -0.39 is 0 Å². The maximum absolute atomic E-state index is 6.12. The van der Waals surface area contributed by atoms with Gasteiger partial charge in [-0.25, -0.2) is 4.59 Å². The fraction of sp³-hybridized carbons (Fsp3) is 0.400. The maximum Gasteiger partial charge on any atom is 0.151 e. The van der Waals surface area contributed by atoms with E-state index in [1.807, 2.05) is 25.2 Å². The zero-order valence-electron chi connectivity index (χ0n) is 7.99. The predicted molar refractivity (Wildman–Crippen MR) is 53.5 cm³/mol. The molecule has 2 heteroatoms. The van der Waals surface area contributed by atoms with Crippen LogP contribution in [-0.2, 0) is 0 Å². The van der Waals surface area contributed by atoms with Crippen molar-refractivity contribution < 1.29 is 0 Å². The first-order valence-corrected chi connectivity index (χ1v) is 4.25. The van der Waals surface area contributed by atoms with E-state index in [0.29, 0.717) is 10.6 Å². The van der Waals surface area contributed by atoms with Crippen molar-refractivity contribution in [1.82, 2.24) is 4.59 Å². The fourth-order valence-electron chi connectivity index (χ4n) is 1.05. The summed E-state index contributed by atoms with van der Waals surface area (Å²) in [6.07, 6.45) is 0. The number of quaternary nitrogens is 1. The van der Waals surface area contributed by atoms with Gasteiger partial charge in [-0.15, -0.1) is 0 Å². The lowest BCUT2D eigenvalue weighted by Gasteiger charge is -2.31. The Kier molecular flexibility index (Phi) is 2.50. The summed E-state index contributed by atoms with van der Waals surface area (Å²) in [6, 6.07) is 10.5. The van der Waals surface area contributed by atoms with Crippen molar-refractivity contribution in [2.24, 2.45) is 5.84 Å². The fourth-order valence-corrected chi connectivity index (χ4v) is 1.05. The monoisotopic (exact) mass is 165 g/mol. The summed E-state index contributed by atoms with van der Waals surface area (Å²) in [7, 11) is 2.01. The topological polar surface area (TPSA) is 26.0 Å². The Bertz CT molecular complexity index is 239. The van der Waals surface area contributed by atoms with Crippen LogP contribution in [0.3, 0.4) is 0 Å². The average Bonchev–Trinajstić information content (AvgIpc) is 2.06. The van der Waals surface area contributed by atoms with Crippen LogP contribution in [0.25, 0.3) is 0 Å². The number of rotatable bonds is 2. The molecule has 0 heterocycles. The zero-order valence-corrected chi connectivity index (χ0v) is 7.99. The van der Waals surface area contributed by atoms with Gasteiger partial charge in [0.1, 0.15) is 6.04 Å². The molecule has 0 aliphatic heterocycles. The Balaban J connectivity index is 2.98. The summed E-state index contributed by atoms with van der Waals surface area (Å²) in [5.74, 6) is 6.12. The van der Waals surface area contributed by atoms with E-state index in [2.05, 4.69) is 26.0 Å². The van der Waals surface area contributed by atoms with E-state index in [1.54, 1.807) is 0 Å². The van der Waals surface area contributed by atoms with Crippen molar-refractivity contribution in [3.8, 4) is 0 Å². The second kappa shape index (κ2) is 3.25.